The van der Waals surface area contributed by atoms with Gasteiger partial charge in [0, 0.05) is 18.8 Å². The fourth-order valence-electron chi connectivity index (χ4n) is 1.81. The molecule has 0 unspecified atom stereocenters. The van der Waals surface area contributed by atoms with Crippen molar-refractivity contribution >= 4 is 0 Å². The first kappa shape index (κ1) is 10.9. The Kier molecular flexibility index (Phi) is 3.06. The Morgan fingerprint density at radius 2 is 2.12 bits per heavy atom. The van der Waals surface area contributed by atoms with Gasteiger partial charge >= 0.3 is 0 Å². The minimum Gasteiger partial charge on any atom is -0.329 e. The van der Waals surface area contributed by atoms with Gasteiger partial charge in [0.1, 0.15) is 0 Å². The molecule has 0 aliphatic rings. The van der Waals surface area contributed by atoms with Gasteiger partial charge in [0.05, 0.1) is 12.0 Å². The molecule has 0 aliphatic heterocycles. The standard InChI is InChI=1S/C13H17N3/c1-10-5-3-4-6-12(10)8-16-9-15-7-13(16)11(2)14/h3-7,9,11H,8,14H2,1-2H3/t11-/m1/s1. The number of rotatable bonds is 3. The lowest BCUT2D eigenvalue weighted by Gasteiger charge is -2.12. The number of imidazole rings is 1. The highest BCUT2D eigenvalue weighted by atomic mass is 15.1. The maximum Gasteiger partial charge on any atom is 0.0951 e. The van der Waals surface area contributed by atoms with Crippen LogP contribution in [0.5, 0.6) is 0 Å². The van der Waals surface area contributed by atoms with Crippen molar-refractivity contribution in [3.05, 3.63) is 53.6 Å². The van der Waals surface area contributed by atoms with Crippen molar-refractivity contribution in [1.82, 2.24) is 9.55 Å². The van der Waals surface area contributed by atoms with Crippen LogP contribution in [-0.4, -0.2) is 9.55 Å². The zero-order chi connectivity index (χ0) is 11.5. The molecule has 0 saturated heterocycles. The van der Waals surface area contributed by atoms with Crippen molar-refractivity contribution in [2.45, 2.75) is 26.4 Å². The molecule has 2 rings (SSSR count). The number of hydrogen-bond acceptors (Lipinski definition) is 2. The fraction of sp³-hybridized carbons (Fsp3) is 0.308. The lowest BCUT2D eigenvalue weighted by Crippen LogP contribution is -2.12. The van der Waals surface area contributed by atoms with Crippen molar-refractivity contribution < 1.29 is 0 Å². The lowest BCUT2D eigenvalue weighted by atomic mass is 10.1. The van der Waals surface area contributed by atoms with Gasteiger partial charge in [0.25, 0.3) is 0 Å². The topological polar surface area (TPSA) is 43.8 Å². The van der Waals surface area contributed by atoms with Crippen LogP contribution < -0.4 is 5.73 Å². The number of aryl methyl sites for hydroxylation is 1. The Hall–Kier alpha value is -1.61. The van der Waals surface area contributed by atoms with Gasteiger partial charge in [-0.15, -0.1) is 0 Å². The molecule has 0 fully saturated rings. The van der Waals surface area contributed by atoms with Crippen molar-refractivity contribution in [1.29, 1.82) is 0 Å². The maximum atomic E-state index is 5.89. The molecule has 0 saturated carbocycles. The van der Waals surface area contributed by atoms with Crippen LogP contribution in [0.4, 0.5) is 0 Å². The summed E-state index contributed by atoms with van der Waals surface area (Å²) in [5, 5.41) is 0. The molecule has 1 aromatic heterocycles. The normalized spacial score (nSPS) is 12.7. The van der Waals surface area contributed by atoms with E-state index in [1.807, 2.05) is 19.4 Å². The largest absolute Gasteiger partial charge is 0.329 e. The molecule has 0 aliphatic carbocycles. The van der Waals surface area contributed by atoms with Gasteiger partial charge in [-0.25, -0.2) is 4.98 Å². The number of nitrogens with two attached hydrogens (primary N) is 1. The monoisotopic (exact) mass is 215 g/mol. The van der Waals surface area contributed by atoms with Crippen LogP contribution in [0.1, 0.15) is 29.8 Å². The van der Waals surface area contributed by atoms with Gasteiger partial charge in [0.2, 0.25) is 0 Å². The van der Waals surface area contributed by atoms with E-state index in [0.29, 0.717) is 0 Å². The summed E-state index contributed by atoms with van der Waals surface area (Å²) in [7, 11) is 0. The van der Waals surface area contributed by atoms with Crippen molar-refractivity contribution in [3.8, 4) is 0 Å². The third-order valence-corrected chi connectivity index (χ3v) is 2.81. The Bertz CT molecular complexity index is 472. The second kappa shape index (κ2) is 4.49. The molecule has 3 heteroatoms. The van der Waals surface area contributed by atoms with Crippen molar-refractivity contribution in [3.63, 3.8) is 0 Å². The first-order valence-corrected chi connectivity index (χ1v) is 5.48. The molecule has 3 nitrogen and oxygen atoms in total. The number of hydrogen-bond donors (Lipinski definition) is 1. The van der Waals surface area contributed by atoms with E-state index in [4.69, 9.17) is 5.73 Å². The van der Waals surface area contributed by atoms with Gasteiger partial charge < -0.3 is 10.3 Å². The first-order valence-electron chi connectivity index (χ1n) is 5.48. The maximum absolute atomic E-state index is 5.89. The molecule has 1 atom stereocenters. The Labute approximate surface area is 95.9 Å². The van der Waals surface area contributed by atoms with Crippen LogP contribution in [0.2, 0.25) is 0 Å². The molecule has 0 bridgehead atoms. The zero-order valence-corrected chi connectivity index (χ0v) is 9.72. The summed E-state index contributed by atoms with van der Waals surface area (Å²) >= 11 is 0. The highest BCUT2D eigenvalue weighted by Crippen LogP contribution is 2.14. The Morgan fingerprint density at radius 1 is 1.38 bits per heavy atom. The molecular weight excluding hydrogens is 198 g/mol. The first-order chi connectivity index (χ1) is 7.68. The van der Waals surface area contributed by atoms with E-state index in [1.54, 1.807) is 0 Å². The van der Waals surface area contributed by atoms with E-state index in [1.165, 1.54) is 11.1 Å². The second-order valence-corrected chi connectivity index (χ2v) is 4.16. The highest BCUT2D eigenvalue weighted by molar-refractivity contribution is 5.26. The van der Waals surface area contributed by atoms with Crippen LogP contribution in [0.15, 0.2) is 36.8 Å². The van der Waals surface area contributed by atoms with Gasteiger partial charge in [-0.3, -0.25) is 0 Å². The van der Waals surface area contributed by atoms with Gasteiger partial charge in [0.15, 0.2) is 0 Å². The van der Waals surface area contributed by atoms with Crippen LogP contribution in [0.25, 0.3) is 0 Å². The number of benzene rings is 1. The van der Waals surface area contributed by atoms with Gasteiger partial charge in [-0.2, -0.15) is 0 Å². The van der Waals surface area contributed by atoms with E-state index in [9.17, 15) is 0 Å². The van der Waals surface area contributed by atoms with Crippen molar-refractivity contribution in [2.75, 3.05) is 0 Å². The van der Waals surface area contributed by atoms with E-state index in [-0.39, 0.29) is 6.04 Å². The predicted molar refractivity (Wildman–Crippen MR) is 65.1 cm³/mol. The van der Waals surface area contributed by atoms with Crippen LogP contribution in [0.3, 0.4) is 0 Å². The summed E-state index contributed by atoms with van der Waals surface area (Å²) in [4.78, 5) is 4.15. The molecule has 1 aromatic carbocycles. The van der Waals surface area contributed by atoms with Gasteiger partial charge in [-0.1, -0.05) is 24.3 Å². The van der Waals surface area contributed by atoms with E-state index >= 15 is 0 Å². The third kappa shape index (κ3) is 2.14. The molecule has 84 valence electrons. The summed E-state index contributed by atoms with van der Waals surface area (Å²) in [6.07, 6.45) is 3.67. The molecule has 2 N–H and O–H groups in total. The van der Waals surface area contributed by atoms with E-state index < -0.39 is 0 Å². The summed E-state index contributed by atoms with van der Waals surface area (Å²) in [5.41, 5.74) is 9.57. The zero-order valence-electron chi connectivity index (χ0n) is 9.72. The van der Waals surface area contributed by atoms with Crippen molar-refractivity contribution in [2.24, 2.45) is 5.73 Å². The van der Waals surface area contributed by atoms with E-state index in [2.05, 4.69) is 40.7 Å². The number of aromatic nitrogens is 2. The third-order valence-electron chi connectivity index (χ3n) is 2.81. The van der Waals surface area contributed by atoms with Crippen LogP contribution >= 0.6 is 0 Å². The smallest absolute Gasteiger partial charge is 0.0951 e. The quantitative estimate of drug-likeness (QED) is 0.853. The summed E-state index contributed by atoms with van der Waals surface area (Å²) in [6.45, 7) is 4.94. The average Bonchev–Trinajstić information content (AvgIpc) is 2.69. The molecule has 16 heavy (non-hydrogen) atoms. The Morgan fingerprint density at radius 3 is 2.81 bits per heavy atom. The molecule has 0 spiro atoms. The molecule has 0 radical (unpaired) electrons. The highest BCUT2D eigenvalue weighted by Gasteiger charge is 2.07. The summed E-state index contributed by atoms with van der Waals surface area (Å²) in [5.74, 6) is 0. The molecule has 2 aromatic rings. The fourth-order valence-corrected chi connectivity index (χ4v) is 1.81. The summed E-state index contributed by atoms with van der Waals surface area (Å²) < 4.78 is 2.10. The Balaban J connectivity index is 2.27. The summed E-state index contributed by atoms with van der Waals surface area (Å²) in [6, 6.07) is 8.40. The molecule has 1 heterocycles. The molecular formula is C13H17N3. The molecule has 0 amide bonds. The SMILES string of the molecule is Cc1ccccc1Cn1cncc1[C@@H](C)N. The minimum atomic E-state index is 0.0199. The lowest BCUT2D eigenvalue weighted by molar-refractivity contribution is 0.673. The van der Waals surface area contributed by atoms with Gasteiger partial charge in [-0.05, 0) is 25.0 Å². The second-order valence-electron chi connectivity index (χ2n) is 4.16. The minimum absolute atomic E-state index is 0.0199. The average molecular weight is 215 g/mol. The number of nitrogens with zero attached hydrogens (tertiary/aromatic N) is 2. The predicted octanol–water partition coefficient (Wildman–Crippen LogP) is 2.26. The van der Waals surface area contributed by atoms with Crippen LogP contribution in [-0.2, 0) is 6.54 Å². The van der Waals surface area contributed by atoms with E-state index in [0.717, 1.165) is 12.2 Å². The van der Waals surface area contributed by atoms with Crippen LogP contribution in [0, 0.1) is 6.92 Å².